The first kappa shape index (κ1) is 38.0. The van der Waals surface area contributed by atoms with E-state index in [4.69, 9.17) is 0 Å². The summed E-state index contributed by atoms with van der Waals surface area (Å²) in [5.41, 5.74) is 0. The number of rotatable bonds is 0. The van der Waals surface area contributed by atoms with Gasteiger partial charge >= 0.3 is 0 Å². The minimum atomic E-state index is 0. The zero-order valence-electron chi connectivity index (χ0n) is 2.58. The van der Waals surface area contributed by atoms with Gasteiger partial charge in [-0.1, -0.05) is 0 Å². The predicted octanol–water partition coefficient (Wildman–Crippen LogP) is -0.149. The van der Waals surface area contributed by atoms with Crippen molar-refractivity contribution in [2.45, 2.75) is 0 Å². The van der Waals surface area contributed by atoms with Gasteiger partial charge < -0.3 is 0 Å². The predicted molar refractivity (Wildman–Crippen MR) is 26.9 cm³/mol. The van der Waals surface area contributed by atoms with Gasteiger partial charge in [-0.25, -0.2) is 0 Å². The normalized spacial score (nSPS) is 0. The standard InChI is InChI=1S/Ca.Fe.HI.Se.Zn/h;;1H;;. The molecule has 0 aromatic rings. The molecule has 0 N–H and O–H groups in total. The fraction of sp³-hybridized carbons (Fsp3) is 0. The van der Waals surface area contributed by atoms with E-state index in [1.165, 1.54) is 0 Å². The molecular weight excluding hydrogens is 367 g/mol. The fourth-order valence-corrected chi connectivity index (χ4v) is 0. The first-order valence-electron chi connectivity index (χ1n) is 0. The summed E-state index contributed by atoms with van der Waals surface area (Å²) >= 11 is 0. The van der Waals surface area contributed by atoms with Crippen LogP contribution in [0.15, 0.2) is 0 Å². The molecule has 0 unspecified atom stereocenters. The van der Waals surface area contributed by atoms with Gasteiger partial charge in [-0.3, -0.25) is 0 Å². The Bertz CT molecular complexity index is 11.6. The Hall–Kier alpha value is 3.65. The molecule has 26 valence electrons. The van der Waals surface area contributed by atoms with Crippen molar-refractivity contribution < 1.29 is 36.5 Å². The summed E-state index contributed by atoms with van der Waals surface area (Å²) in [6.45, 7) is 0. The Morgan fingerprint density at radius 1 is 1.00 bits per heavy atom. The molecule has 0 atom stereocenters. The summed E-state index contributed by atoms with van der Waals surface area (Å²) in [6.07, 6.45) is 0. The Kier molecular flexibility index (Phi) is 193. The van der Waals surface area contributed by atoms with Gasteiger partial charge in [0.1, 0.15) is 0 Å². The van der Waals surface area contributed by atoms with Crippen LogP contribution in [-0.2, 0) is 36.5 Å². The summed E-state index contributed by atoms with van der Waals surface area (Å²) in [5, 5.41) is 0. The molecule has 4 radical (unpaired) electrons. The summed E-state index contributed by atoms with van der Waals surface area (Å²) in [7, 11) is 0. The van der Waals surface area contributed by atoms with Crippen molar-refractivity contribution >= 4 is 78.8 Å². The molecule has 0 saturated heterocycles. The topological polar surface area (TPSA) is 0 Å². The molecule has 0 aliphatic heterocycles. The molecule has 5 heteroatoms. The van der Waals surface area contributed by atoms with Gasteiger partial charge in [0.25, 0.3) is 0 Å². The van der Waals surface area contributed by atoms with Gasteiger partial charge in [-0.05, 0) is 0 Å². The number of hydrogen-bond acceptors (Lipinski definition) is 0. The average molecular weight is 368 g/mol. The van der Waals surface area contributed by atoms with Crippen molar-refractivity contribution in [3.8, 4) is 0 Å². The quantitative estimate of drug-likeness (QED) is 0.412. The maximum absolute atomic E-state index is 0. The first-order valence-corrected chi connectivity index (χ1v) is 0. The van der Waals surface area contributed by atoms with Crippen molar-refractivity contribution in [1.29, 1.82) is 0 Å². The Labute approximate surface area is 113 Å². The van der Waals surface area contributed by atoms with Gasteiger partial charge in [0, 0.05) is 91.4 Å². The largest absolute Gasteiger partial charge is 0.107 e. The van der Waals surface area contributed by atoms with Gasteiger partial charge in [0.05, 0.1) is 0 Å². The van der Waals surface area contributed by atoms with Gasteiger partial charge in [0.15, 0.2) is 0 Å². The zero-order chi connectivity index (χ0) is 0. The molecule has 0 aromatic heterocycles. The van der Waals surface area contributed by atoms with Crippen molar-refractivity contribution in [1.82, 2.24) is 0 Å². The van der Waals surface area contributed by atoms with E-state index in [0.717, 1.165) is 0 Å². The summed E-state index contributed by atoms with van der Waals surface area (Å²) in [5.74, 6) is 0. The van der Waals surface area contributed by atoms with Crippen molar-refractivity contribution in [2.75, 3.05) is 0 Å². The number of halogens is 1. The van der Waals surface area contributed by atoms with E-state index < -0.39 is 0 Å². The van der Waals surface area contributed by atoms with E-state index in [2.05, 4.69) is 0 Å². The molecule has 0 amide bonds. The van der Waals surface area contributed by atoms with E-state index in [0.29, 0.717) is 0 Å². The van der Waals surface area contributed by atoms with Crippen LogP contribution in [0.1, 0.15) is 0 Å². The minimum Gasteiger partial charge on any atom is -0.107 e. The smallest absolute Gasteiger partial charge is 0 e. The molecule has 0 spiro atoms. The Balaban J connectivity index is 0. The minimum absolute atomic E-state index is 0. The number of hydrogen-bond donors (Lipinski definition) is 0. The van der Waals surface area contributed by atoms with Crippen LogP contribution in [0.2, 0.25) is 0 Å². The summed E-state index contributed by atoms with van der Waals surface area (Å²) < 4.78 is 0. The van der Waals surface area contributed by atoms with Crippen molar-refractivity contribution in [3.63, 3.8) is 0 Å². The van der Waals surface area contributed by atoms with Crippen LogP contribution in [0, 0.1) is 0 Å². The molecular formula is HCaFeISeZn. The van der Waals surface area contributed by atoms with E-state index >= 15 is 0 Å². The molecule has 0 aliphatic carbocycles. The monoisotopic (exact) mass is 368 g/mol. The molecule has 0 bridgehead atoms. The van der Waals surface area contributed by atoms with E-state index in [-0.39, 0.29) is 115 Å². The van der Waals surface area contributed by atoms with Crippen LogP contribution in [0.3, 0.4) is 0 Å². The molecule has 0 nitrogen and oxygen atoms in total. The van der Waals surface area contributed by atoms with Gasteiger partial charge in [-0.2, -0.15) is 0 Å². The molecule has 0 aromatic carbocycles. The van der Waals surface area contributed by atoms with Crippen molar-refractivity contribution in [3.05, 3.63) is 0 Å². The fourth-order valence-electron chi connectivity index (χ4n) is 0. The molecule has 0 fully saturated rings. The van der Waals surface area contributed by atoms with Crippen LogP contribution in [0.25, 0.3) is 0 Å². The van der Waals surface area contributed by atoms with Crippen LogP contribution < -0.4 is 0 Å². The van der Waals surface area contributed by atoms with Crippen LogP contribution in [-0.4, -0.2) is 54.8 Å². The Morgan fingerprint density at radius 2 is 1.00 bits per heavy atom. The Morgan fingerprint density at radius 3 is 1.00 bits per heavy atom. The summed E-state index contributed by atoms with van der Waals surface area (Å²) in [6, 6.07) is 0. The second kappa shape index (κ2) is 25.4. The average Bonchev–Trinajstić information content (AvgIpc) is 0. The third kappa shape index (κ3) is 18.3. The molecule has 5 heavy (non-hydrogen) atoms. The first-order chi connectivity index (χ1) is 0. The van der Waals surface area contributed by atoms with E-state index in [1.54, 1.807) is 0 Å². The van der Waals surface area contributed by atoms with Crippen LogP contribution in [0.5, 0.6) is 0 Å². The van der Waals surface area contributed by atoms with E-state index in [9.17, 15) is 0 Å². The molecule has 0 heterocycles. The van der Waals surface area contributed by atoms with E-state index in [1.807, 2.05) is 0 Å². The van der Waals surface area contributed by atoms with Crippen LogP contribution in [0.4, 0.5) is 0 Å². The van der Waals surface area contributed by atoms with Gasteiger partial charge in [-0.15, -0.1) is 24.0 Å². The van der Waals surface area contributed by atoms with Gasteiger partial charge in [0.2, 0.25) is 0 Å². The zero-order valence-corrected chi connectivity index (χ0v) is 12.9. The van der Waals surface area contributed by atoms with Crippen LogP contribution >= 0.6 is 24.0 Å². The third-order valence-corrected chi connectivity index (χ3v) is 0. The third-order valence-electron chi connectivity index (χ3n) is 0. The maximum Gasteiger partial charge on any atom is 0 e. The molecule has 0 aliphatic rings. The molecule has 0 rings (SSSR count). The van der Waals surface area contributed by atoms with Crippen molar-refractivity contribution in [2.24, 2.45) is 0 Å². The maximum atomic E-state index is 0. The summed E-state index contributed by atoms with van der Waals surface area (Å²) in [4.78, 5) is 0. The second-order valence-corrected chi connectivity index (χ2v) is 0. The second-order valence-electron chi connectivity index (χ2n) is 0. The SMILES string of the molecule is I.[Ca].[Fe].[Se].[Zn]. The molecule has 0 saturated carbocycles.